The summed E-state index contributed by atoms with van der Waals surface area (Å²) in [5, 5.41) is 5.69. The standard InChI is InChI=1S/C26H27N7O/c1-15-14-34-13-12-33(15)26-24-22(9-8-21(28-24)23-16(2)31-32(4)17(23)3)29-25(30-26)19-6-5-7-20-18(19)10-11-27-20/h5-11,15,27H,12-14H2,1-4H3/t15-/m1/s1. The highest BCUT2D eigenvalue weighted by Crippen LogP contribution is 2.34. The third-order valence-corrected chi connectivity index (χ3v) is 6.76. The minimum absolute atomic E-state index is 0.190. The van der Waals surface area contributed by atoms with Gasteiger partial charge in [-0.1, -0.05) is 12.1 Å². The van der Waals surface area contributed by atoms with Crippen molar-refractivity contribution in [3.63, 3.8) is 0 Å². The van der Waals surface area contributed by atoms with Crippen LogP contribution in [0.2, 0.25) is 0 Å². The number of fused-ring (bicyclic) bond motifs is 2. The quantitative estimate of drug-likeness (QED) is 0.435. The first-order valence-corrected chi connectivity index (χ1v) is 11.6. The molecule has 8 heteroatoms. The number of hydrogen-bond donors (Lipinski definition) is 1. The van der Waals surface area contributed by atoms with Crippen LogP contribution >= 0.6 is 0 Å². The minimum atomic E-state index is 0.190. The van der Waals surface area contributed by atoms with E-state index in [-0.39, 0.29) is 6.04 Å². The maximum atomic E-state index is 5.71. The molecule has 1 atom stereocenters. The van der Waals surface area contributed by atoms with Crippen LogP contribution in [-0.2, 0) is 11.8 Å². The highest BCUT2D eigenvalue weighted by molar-refractivity contribution is 5.96. The molecule has 172 valence electrons. The minimum Gasteiger partial charge on any atom is -0.377 e. The van der Waals surface area contributed by atoms with Crippen molar-refractivity contribution in [2.45, 2.75) is 26.8 Å². The number of ether oxygens (including phenoxy) is 1. The van der Waals surface area contributed by atoms with Crippen molar-refractivity contribution in [2.24, 2.45) is 7.05 Å². The molecule has 0 saturated carbocycles. The molecule has 1 aliphatic rings. The summed E-state index contributed by atoms with van der Waals surface area (Å²) in [7, 11) is 1.96. The summed E-state index contributed by atoms with van der Waals surface area (Å²) in [6.45, 7) is 8.35. The lowest BCUT2D eigenvalue weighted by atomic mass is 10.1. The van der Waals surface area contributed by atoms with E-state index in [1.54, 1.807) is 0 Å². The maximum Gasteiger partial charge on any atom is 0.162 e. The lowest BCUT2D eigenvalue weighted by Gasteiger charge is -2.34. The molecule has 1 saturated heterocycles. The van der Waals surface area contributed by atoms with Gasteiger partial charge in [-0.2, -0.15) is 5.10 Å². The number of morpholine rings is 1. The smallest absolute Gasteiger partial charge is 0.162 e. The van der Waals surface area contributed by atoms with Gasteiger partial charge < -0.3 is 14.6 Å². The van der Waals surface area contributed by atoms with Crippen molar-refractivity contribution in [2.75, 3.05) is 24.7 Å². The van der Waals surface area contributed by atoms with E-state index in [9.17, 15) is 0 Å². The van der Waals surface area contributed by atoms with Crippen molar-refractivity contribution in [1.82, 2.24) is 29.7 Å². The van der Waals surface area contributed by atoms with Gasteiger partial charge in [-0.25, -0.2) is 15.0 Å². The SMILES string of the molecule is Cc1nn(C)c(C)c1-c1ccc2nc(-c3cccc4[nH]ccc34)nc(N3CCOC[C@H]3C)c2n1. The van der Waals surface area contributed by atoms with E-state index in [0.29, 0.717) is 19.0 Å². The third kappa shape index (κ3) is 3.25. The number of nitrogens with one attached hydrogen (secondary N) is 1. The topological polar surface area (TPSA) is 84.8 Å². The van der Waals surface area contributed by atoms with Crippen molar-refractivity contribution < 1.29 is 4.74 Å². The Kier molecular flexibility index (Phi) is 4.84. The molecule has 0 unspecified atom stereocenters. The fourth-order valence-corrected chi connectivity index (χ4v) is 4.93. The molecule has 0 spiro atoms. The Bertz CT molecular complexity index is 1530. The fraction of sp³-hybridized carbons (Fsp3) is 0.308. The molecule has 1 aliphatic heterocycles. The van der Waals surface area contributed by atoms with Crippen LogP contribution in [0.5, 0.6) is 0 Å². The summed E-state index contributed by atoms with van der Waals surface area (Å²) < 4.78 is 7.62. The lowest BCUT2D eigenvalue weighted by molar-refractivity contribution is 0.0987. The molecule has 6 rings (SSSR count). The molecule has 1 fully saturated rings. The van der Waals surface area contributed by atoms with Gasteiger partial charge in [0.05, 0.1) is 36.2 Å². The summed E-state index contributed by atoms with van der Waals surface area (Å²) in [5.41, 5.74) is 7.71. The molecule has 8 nitrogen and oxygen atoms in total. The molecule has 5 aromatic rings. The van der Waals surface area contributed by atoms with Gasteiger partial charge in [0.25, 0.3) is 0 Å². The largest absolute Gasteiger partial charge is 0.377 e. The average Bonchev–Trinajstić information content (AvgIpc) is 3.42. The second kappa shape index (κ2) is 7.92. The Hall–Kier alpha value is -3.78. The van der Waals surface area contributed by atoms with Crippen molar-refractivity contribution in [1.29, 1.82) is 0 Å². The first kappa shape index (κ1) is 20.8. The first-order valence-electron chi connectivity index (χ1n) is 11.6. The van der Waals surface area contributed by atoms with E-state index < -0.39 is 0 Å². The summed E-state index contributed by atoms with van der Waals surface area (Å²) in [5.74, 6) is 1.55. The van der Waals surface area contributed by atoms with Gasteiger partial charge in [0.1, 0.15) is 5.52 Å². The van der Waals surface area contributed by atoms with Crippen LogP contribution in [0.4, 0.5) is 5.82 Å². The van der Waals surface area contributed by atoms with Crippen LogP contribution in [0.25, 0.3) is 44.6 Å². The Morgan fingerprint density at radius 2 is 1.94 bits per heavy atom. The van der Waals surface area contributed by atoms with Crippen LogP contribution in [0.15, 0.2) is 42.6 Å². The number of hydrogen-bond acceptors (Lipinski definition) is 6. The van der Waals surface area contributed by atoms with Crippen molar-refractivity contribution in [3.8, 4) is 22.6 Å². The summed E-state index contributed by atoms with van der Waals surface area (Å²) in [4.78, 5) is 20.8. The fourth-order valence-electron chi connectivity index (χ4n) is 4.93. The lowest BCUT2D eigenvalue weighted by Crippen LogP contribution is -2.44. The molecule has 0 amide bonds. The molecular formula is C26H27N7O. The number of H-pyrrole nitrogens is 1. The van der Waals surface area contributed by atoms with E-state index in [0.717, 1.165) is 62.5 Å². The number of anilines is 1. The van der Waals surface area contributed by atoms with Gasteiger partial charge in [-0.3, -0.25) is 4.68 Å². The Labute approximate surface area is 197 Å². The normalized spacial score (nSPS) is 16.6. The van der Waals surface area contributed by atoms with Gasteiger partial charge in [0.15, 0.2) is 11.6 Å². The average molecular weight is 454 g/mol. The number of rotatable bonds is 3. The zero-order chi connectivity index (χ0) is 23.4. The van der Waals surface area contributed by atoms with Crippen LogP contribution in [0, 0.1) is 13.8 Å². The number of aromatic amines is 1. The van der Waals surface area contributed by atoms with E-state index in [1.807, 2.05) is 37.0 Å². The number of pyridine rings is 1. The van der Waals surface area contributed by atoms with Crippen LogP contribution < -0.4 is 4.90 Å². The molecule has 4 aromatic heterocycles. The van der Waals surface area contributed by atoms with Gasteiger partial charge in [-0.05, 0) is 45.0 Å². The second-order valence-corrected chi connectivity index (χ2v) is 8.97. The predicted molar refractivity (Wildman–Crippen MR) is 134 cm³/mol. The van der Waals surface area contributed by atoms with E-state index in [1.165, 1.54) is 0 Å². The summed E-state index contributed by atoms with van der Waals surface area (Å²) in [6, 6.07) is 12.5. The number of aromatic nitrogens is 6. The monoisotopic (exact) mass is 453 g/mol. The Balaban J connectivity index is 1.60. The highest BCUT2D eigenvalue weighted by atomic mass is 16.5. The summed E-state index contributed by atoms with van der Waals surface area (Å²) >= 11 is 0. The first-order chi connectivity index (χ1) is 16.5. The molecule has 1 aromatic carbocycles. The van der Waals surface area contributed by atoms with Crippen LogP contribution in [0.1, 0.15) is 18.3 Å². The van der Waals surface area contributed by atoms with Gasteiger partial charge in [0.2, 0.25) is 0 Å². The number of benzene rings is 1. The Morgan fingerprint density at radius 1 is 1.06 bits per heavy atom. The summed E-state index contributed by atoms with van der Waals surface area (Å²) in [6.07, 6.45) is 1.95. The predicted octanol–water partition coefficient (Wildman–Crippen LogP) is 4.42. The number of nitrogens with zero attached hydrogens (tertiary/aromatic N) is 6. The van der Waals surface area contributed by atoms with Crippen LogP contribution in [-0.4, -0.2) is 55.5 Å². The van der Waals surface area contributed by atoms with E-state index in [2.05, 4.69) is 53.1 Å². The Morgan fingerprint density at radius 3 is 2.74 bits per heavy atom. The molecule has 5 heterocycles. The molecule has 1 N–H and O–H groups in total. The van der Waals surface area contributed by atoms with E-state index in [4.69, 9.17) is 19.7 Å². The van der Waals surface area contributed by atoms with Crippen molar-refractivity contribution >= 4 is 27.8 Å². The second-order valence-electron chi connectivity index (χ2n) is 8.97. The van der Waals surface area contributed by atoms with E-state index >= 15 is 0 Å². The molecule has 0 bridgehead atoms. The van der Waals surface area contributed by atoms with Gasteiger partial charge in [0, 0.05) is 47.5 Å². The number of aryl methyl sites for hydroxylation is 2. The van der Waals surface area contributed by atoms with Crippen LogP contribution in [0.3, 0.4) is 0 Å². The molecule has 0 aliphatic carbocycles. The third-order valence-electron chi connectivity index (χ3n) is 6.76. The van der Waals surface area contributed by atoms with Crippen molar-refractivity contribution in [3.05, 3.63) is 54.0 Å². The highest BCUT2D eigenvalue weighted by Gasteiger charge is 2.25. The molecular weight excluding hydrogens is 426 g/mol. The van der Waals surface area contributed by atoms with Gasteiger partial charge in [-0.15, -0.1) is 0 Å². The zero-order valence-corrected chi connectivity index (χ0v) is 19.8. The maximum absolute atomic E-state index is 5.71. The molecule has 34 heavy (non-hydrogen) atoms. The molecule has 0 radical (unpaired) electrons. The zero-order valence-electron chi connectivity index (χ0n) is 19.8. The van der Waals surface area contributed by atoms with Gasteiger partial charge >= 0.3 is 0 Å².